The first-order valence-electron chi connectivity index (χ1n) is 4.97. The van der Waals surface area contributed by atoms with Crippen LogP contribution in [0.15, 0.2) is 24.3 Å². The van der Waals surface area contributed by atoms with E-state index in [1.807, 2.05) is 24.3 Å². The zero-order chi connectivity index (χ0) is 10.9. The third kappa shape index (κ3) is 1.74. The number of carbonyl (C=O) groups excluding carboxylic acids is 1. The van der Waals surface area contributed by atoms with Crippen LogP contribution in [0.2, 0.25) is 0 Å². The number of alkyl halides is 1. The number of ether oxygens (including phenoxy) is 1. The number of hydrogen-bond donors (Lipinski definition) is 0. The highest BCUT2D eigenvalue weighted by atomic mass is 35.5. The predicted octanol–water partition coefficient (Wildman–Crippen LogP) is 2.53. The van der Waals surface area contributed by atoms with Crippen molar-refractivity contribution in [3.63, 3.8) is 0 Å². The molecule has 0 spiro atoms. The van der Waals surface area contributed by atoms with E-state index >= 15 is 0 Å². The number of hydrogen-bond acceptors (Lipinski definition) is 2. The summed E-state index contributed by atoms with van der Waals surface area (Å²) in [6.07, 6.45) is 2.82. The first kappa shape index (κ1) is 10.5. The first-order chi connectivity index (χ1) is 7.23. The normalized spacial score (nSPS) is 19.3. The monoisotopic (exact) mass is 224 g/mol. The lowest BCUT2D eigenvalue weighted by Gasteiger charge is -2.17. The topological polar surface area (TPSA) is 26.3 Å². The number of methoxy groups -OCH3 is 1. The molecule has 1 aliphatic rings. The van der Waals surface area contributed by atoms with Crippen LogP contribution in [0.5, 0.6) is 5.75 Å². The van der Waals surface area contributed by atoms with Crippen molar-refractivity contribution in [2.24, 2.45) is 0 Å². The average molecular weight is 225 g/mol. The molecule has 0 saturated heterocycles. The third-order valence-electron chi connectivity index (χ3n) is 3.10. The van der Waals surface area contributed by atoms with Gasteiger partial charge in [0, 0.05) is 5.41 Å². The van der Waals surface area contributed by atoms with Crippen LogP contribution >= 0.6 is 11.6 Å². The van der Waals surface area contributed by atoms with Crippen LogP contribution in [0.3, 0.4) is 0 Å². The van der Waals surface area contributed by atoms with Crippen molar-refractivity contribution in [3.8, 4) is 5.75 Å². The molecule has 0 aliphatic heterocycles. The van der Waals surface area contributed by atoms with Crippen LogP contribution < -0.4 is 4.74 Å². The summed E-state index contributed by atoms with van der Waals surface area (Å²) in [7, 11) is 1.64. The van der Waals surface area contributed by atoms with Gasteiger partial charge in [-0.25, -0.2) is 0 Å². The molecule has 1 unspecified atom stereocenters. The fourth-order valence-corrected chi connectivity index (χ4v) is 2.26. The minimum atomic E-state index is -0.411. The summed E-state index contributed by atoms with van der Waals surface area (Å²) in [6, 6.07) is 7.79. The second kappa shape index (κ2) is 3.86. The van der Waals surface area contributed by atoms with Gasteiger partial charge in [0.2, 0.25) is 0 Å². The van der Waals surface area contributed by atoms with Gasteiger partial charge in [-0.1, -0.05) is 12.1 Å². The van der Waals surface area contributed by atoms with Crippen molar-refractivity contribution >= 4 is 17.9 Å². The van der Waals surface area contributed by atoms with Gasteiger partial charge in [0.25, 0.3) is 0 Å². The Morgan fingerprint density at radius 1 is 1.40 bits per heavy atom. The Bertz CT molecular complexity index is 354. The summed E-state index contributed by atoms with van der Waals surface area (Å²) in [5.74, 6) is 0.826. The lowest BCUT2D eigenvalue weighted by Crippen LogP contribution is -2.21. The van der Waals surface area contributed by atoms with Crippen molar-refractivity contribution in [3.05, 3.63) is 29.8 Å². The second-order valence-corrected chi connectivity index (χ2v) is 4.39. The summed E-state index contributed by atoms with van der Waals surface area (Å²) in [5.41, 5.74) is 1.02. The van der Waals surface area contributed by atoms with Gasteiger partial charge in [-0.15, -0.1) is 11.6 Å². The molecule has 0 bridgehead atoms. The van der Waals surface area contributed by atoms with E-state index in [1.165, 1.54) is 0 Å². The van der Waals surface area contributed by atoms with E-state index in [4.69, 9.17) is 16.3 Å². The van der Waals surface area contributed by atoms with Gasteiger partial charge in [-0.3, -0.25) is 0 Å². The van der Waals surface area contributed by atoms with Crippen molar-refractivity contribution in [1.29, 1.82) is 0 Å². The summed E-state index contributed by atoms with van der Waals surface area (Å²) < 4.78 is 5.09. The Labute approximate surface area is 94.2 Å². The van der Waals surface area contributed by atoms with E-state index < -0.39 is 5.38 Å². The summed E-state index contributed by atoms with van der Waals surface area (Å²) >= 11 is 6.03. The van der Waals surface area contributed by atoms with Gasteiger partial charge < -0.3 is 9.53 Å². The molecule has 80 valence electrons. The maximum atomic E-state index is 10.7. The summed E-state index contributed by atoms with van der Waals surface area (Å²) in [5, 5.41) is -0.411. The fraction of sp³-hybridized carbons (Fsp3) is 0.417. The second-order valence-electron chi connectivity index (χ2n) is 3.92. The smallest absolute Gasteiger partial charge is 0.138 e. The summed E-state index contributed by atoms with van der Waals surface area (Å²) in [6.45, 7) is 0. The number of benzene rings is 1. The minimum Gasteiger partial charge on any atom is -0.497 e. The highest BCUT2D eigenvalue weighted by Crippen LogP contribution is 2.52. The predicted molar refractivity (Wildman–Crippen MR) is 59.6 cm³/mol. The molecular weight excluding hydrogens is 212 g/mol. The molecule has 1 atom stereocenters. The van der Waals surface area contributed by atoms with Crippen LogP contribution in [0.4, 0.5) is 0 Å². The molecule has 3 heteroatoms. The number of aldehydes is 1. The molecule has 0 amide bonds. The Morgan fingerprint density at radius 3 is 2.40 bits per heavy atom. The molecule has 1 saturated carbocycles. The molecule has 0 aromatic heterocycles. The maximum absolute atomic E-state index is 10.7. The molecule has 0 N–H and O–H groups in total. The van der Waals surface area contributed by atoms with Crippen LogP contribution in [-0.2, 0) is 10.2 Å². The highest BCUT2D eigenvalue weighted by molar-refractivity contribution is 6.29. The van der Waals surface area contributed by atoms with E-state index in [-0.39, 0.29) is 5.41 Å². The van der Waals surface area contributed by atoms with Crippen LogP contribution in [0, 0.1) is 0 Å². The van der Waals surface area contributed by atoms with Crippen LogP contribution in [0.25, 0.3) is 0 Å². The van der Waals surface area contributed by atoms with E-state index in [1.54, 1.807) is 7.11 Å². The lowest BCUT2D eigenvalue weighted by molar-refractivity contribution is -0.108. The van der Waals surface area contributed by atoms with Crippen LogP contribution in [-0.4, -0.2) is 18.8 Å². The molecule has 1 aromatic rings. The molecule has 2 rings (SSSR count). The van der Waals surface area contributed by atoms with Crippen LogP contribution in [0.1, 0.15) is 18.4 Å². The molecule has 1 aromatic carbocycles. The molecule has 0 heterocycles. The third-order valence-corrected chi connectivity index (χ3v) is 3.62. The molecule has 1 fully saturated rings. The Hall–Kier alpha value is -1.02. The van der Waals surface area contributed by atoms with E-state index in [2.05, 4.69) is 0 Å². The number of rotatable bonds is 4. The average Bonchev–Trinajstić information content (AvgIpc) is 3.09. The Balaban J connectivity index is 2.26. The largest absolute Gasteiger partial charge is 0.497 e. The van der Waals surface area contributed by atoms with Gasteiger partial charge in [-0.2, -0.15) is 0 Å². The van der Waals surface area contributed by atoms with Crippen molar-refractivity contribution in [2.75, 3.05) is 7.11 Å². The van der Waals surface area contributed by atoms with Gasteiger partial charge >= 0.3 is 0 Å². The SMILES string of the molecule is COc1ccc(C2(C(Cl)C=O)CC2)cc1. The van der Waals surface area contributed by atoms with E-state index in [9.17, 15) is 4.79 Å². The first-order valence-corrected chi connectivity index (χ1v) is 5.40. The Morgan fingerprint density at radius 2 is 2.00 bits per heavy atom. The highest BCUT2D eigenvalue weighted by Gasteiger charge is 2.50. The van der Waals surface area contributed by atoms with Gasteiger partial charge in [0.1, 0.15) is 12.0 Å². The molecular formula is C12H13ClO2. The van der Waals surface area contributed by atoms with Gasteiger partial charge in [0.15, 0.2) is 0 Å². The molecule has 2 nitrogen and oxygen atoms in total. The van der Waals surface area contributed by atoms with E-state index in [0.717, 1.165) is 30.4 Å². The van der Waals surface area contributed by atoms with E-state index in [0.29, 0.717) is 0 Å². The quantitative estimate of drug-likeness (QED) is 0.580. The lowest BCUT2D eigenvalue weighted by atomic mass is 9.92. The van der Waals surface area contributed by atoms with Gasteiger partial charge in [-0.05, 0) is 30.5 Å². The zero-order valence-electron chi connectivity index (χ0n) is 8.57. The van der Waals surface area contributed by atoms with Crippen molar-refractivity contribution in [1.82, 2.24) is 0 Å². The fourth-order valence-electron chi connectivity index (χ4n) is 1.91. The Kier molecular flexibility index (Phi) is 2.70. The molecule has 15 heavy (non-hydrogen) atoms. The molecule has 0 radical (unpaired) electrons. The minimum absolute atomic E-state index is 0.115. The zero-order valence-corrected chi connectivity index (χ0v) is 9.33. The summed E-state index contributed by atoms with van der Waals surface area (Å²) in [4.78, 5) is 10.7. The van der Waals surface area contributed by atoms with Crippen molar-refractivity contribution < 1.29 is 9.53 Å². The number of carbonyl (C=O) groups is 1. The van der Waals surface area contributed by atoms with Gasteiger partial charge in [0.05, 0.1) is 12.5 Å². The maximum Gasteiger partial charge on any atom is 0.138 e. The standard InChI is InChI=1S/C12H13ClO2/c1-15-10-4-2-9(3-5-10)12(6-7-12)11(13)8-14/h2-5,8,11H,6-7H2,1H3. The molecule has 1 aliphatic carbocycles. The van der Waals surface area contributed by atoms with Crippen molar-refractivity contribution in [2.45, 2.75) is 23.6 Å². The number of halogens is 1.